The van der Waals surface area contributed by atoms with Gasteiger partial charge in [0.25, 0.3) is 0 Å². The molecule has 0 unspecified atom stereocenters. The predicted octanol–water partition coefficient (Wildman–Crippen LogP) is 13.7. The van der Waals surface area contributed by atoms with Crippen LogP contribution in [0, 0.1) is 12.1 Å². The first-order valence-corrected chi connectivity index (χ1v) is 22.6. The second kappa shape index (κ2) is 17.2. The van der Waals surface area contributed by atoms with Crippen LogP contribution in [0.25, 0.3) is 77.8 Å². The Morgan fingerprint density at radius 2 is 1.25 bits per heavy atom. The van der Waals surface area contributed by atoms with Crippen LogP contribution >= 0.6 is 0 Å². The van der Waals surface area contributed by atoms with Gasteiger partial charge in [0.15, 0.2) is 0 Å². The average molecular weight is 934 g/mol. The number of benzene rings is 6. The van der Waals surface area contributed by atoms with Crippen molar-refractivity contribution < 1.29 is 25.9 Å². The van der Waals surface area contributed by atoms with Crippen molar-refractivity contribution in [1.29, 1.82) is 0 Å². The molecule has 9 aromatic rings. The number of nitrogens with zero attached hydrogens (tertiary/aromatic N) is 2. The maximum absolute atomic E-state index is 8.40. The SMILES string of the molecule is C[Si](C)(C)c1ccc(-c2[c-]ccc(-c3ccccc3)c2)nc1.[2H]C(C)(C)c1ccnc(-c2[c-]cc3oc4c(-c5ccccc5)cc(-c5ccccc5)cc4c3c2)c1.[Ir]. The molecule has 6 aromatic carbocycles. The summed E-state index contributed by atoms with van der Waals surface area (Å²) in [5, 5.41) is 3.48. The molecule has 0 spiro atoms. The molecule has 0 saturated heterocycles. The average Bonchev–Trinajstić information content (AvgIpc) is 3.62. The summed E-state index contributed by atoms with van der Waals surface area (Å²) < 4.78 is 14.8. The van der Waals surface area contributed by atoms with Crippen LogP contribution in [0.15, 0.2) is 175 Å². The monoisotopic (exact) mass is 934 g/mol. The molecule has 5 heteroatoms. The molecule has 0 aliphatic rings. The molecule has 9 rings (SSSR count). The van der Waals surface area contributed by atoms with Crippen molar-refractivity contribution in [1.82, 2.24) is 9.97 Å². The van der Waals surface area contributed by atoms with Crippen molar-refractivity contribution in [3.05, 3.63) is 188 Å². The summed E-state index contributed by atoms with van der Waals surface area (Å²) in [7, 11) is -1.29. The summed E-state index contributed by atoms with van der Waals surface area (Å²) in [5.74, 6) is -0.695. The minimum atomic E-state index is -1.29. The van der Waals surface area contributed by atoms with Crippen molar-refractivity contribution >= 4 is 35.2 Å². The molecule has 0 atom stereocenters. The predicted molar refractivity (Wildman–Crippen MR) is 238 cm³/mol. The third kappa shape index (κ3) is 8.82. The van der Waals surface area contributed by atoms with Gasteiger partial charge >= 0.3 is 0 Å². The van der Waals surface area contributed by atoms with E-state index in [2.05, 4.69) is 157 Å². The Balaban J connectivity index is 0.000000192. The molecular formula is C52H44IrN2OSi-2. The standard InChI is InChI=1S/C32H24NO.C20H20NSi.Ir/c1-21(2)24-15-16-33-30(20-24)25-13-14-31-28(17-25)29-19-26(22-9-5-3-6-10-22)18-27(32(29)34-31)23-11-7-4-8-12-23;1-22(2,3)19-12-13-20(21-15-19)18-11-7-10-17(14-18)16-8-5-4-6-9-16;/h3-12,14-21H,1-2H3;4-10,12-15H,1-3H3;/q2*-1;/i21D;;. The van der Waals surface area contributed by atoms with Gasteiger partial charge < -0.3 is 14.4 Å². The second-order valence-corrected chi connectivity index (χ2v) is 20.4. The van der Waals surface area contributed by atoms with E-state index in [9.17, 15) is 0 Å². The van der Waals surface area contributed by atoms with Gasteiger partial charge in [-0.2, -0.15) is 0 Å². The van der Waals surface area contributed by atoms with E-state index in [0.717, 1.165) is 72.3 Å². The van der Waals surface area contributed by atoms with Gasteiger partial charge in [-0.1, -0.05) is 154 Å². The third-order valence-corrected chi connectivity index (χ3v) is 12.2. The molecule has 0 saturated carbocycles. The van der Waals surface area contributed by atoms with Gasteiger partial charge in [-0.25, -0.2) is 0 Å². The van der Waals surface area contributed by atoms with Gasteiger partial charge in [0.1, 0.15) is 5.58 Å². The maximum Gasteiger partial charge on any atom is 0.128 e. The van der Waals surface area contributed by atoms with Gasteiger partial charge in [0.2, 0.25) is 0 Å². The van der Waals surface area contributed by atoms with Crippen molar-refractivity contribution in [3.8, 4) is 55.9 Å². The maximum atomic E-state index is 8.40. The van der Waals surface area contributed by atoms with E-state index in [1.54, 1.807) is 6.20 Å². The first-order chi connectivity index (χ1) is 27.5. The summed E-state index contributed by atoms with van der Waals surface area (Å²) >= 11 is 0. The van der Waals surface area contributed by atoms with Gasteiger partial charge in [-0.15, -0.1) is 59.2 Å². The zero-order valence-corrected chi connectivity index (χ0v) is 36.2. The first-order valence-electron chi connectivity index (χ1n) is 19.6. The van der Waals surface area contributed by atoms with Gasteiger partial charge in [-0.3, -0.25) is 0 Å². The van der Waals surface area contributed by atoms with Crippen LogP contribution in [0.3, 0.4) is 0 Å². The van der Waals surface area contributed by atoms with Crippen molar-refractivity contribution in [2.24, 2.45) is 0 Å². The van der Waals surface area contributed by atoms with Crippen molar-refractivity contribution in [2.45, 2.75) is 39.4 Å². The summed E-state index contributed by atoms with van der Waals surface area (Å²) in [6.45, 7) is 10.8. The molecule has 3 aromatic heterocycles. The Labute approximate surface area is 352 Å². The summed E-state index contributed by atoms with van der Waals surface area (Å²) in [6.07, 6.45) is 3.80. The Morgan fingerprint density at radius 1 is 0.596 bits per heavy atom. The fourth-order valence-corrected chi connectivity index (χ4v) is 7.94. The molecule has 0 bridgehead atoms. The number of pyridine rings is 2. The normalized spacial score (nSPS) is 11.7. The molecule has 0 aliphatic carbocycles. The van der Waals surface area contributed by atoms with E-state index < -0.39 is 14.0 Å². The Kier molecular flexibility index (Phi) is 11.5. The van der Waals surface area contributed by atoms with Crippen LogP contribution in [-0.4, -0.2) is 18.0 Å². The Bertz CT molecular complexity index is 2790. The van der Waals surface area contributed by atoms with E-state index in [-0.39, 0.29) is 20.1 Å². The molecule has 0 amide bonds. The van der Waals surface area contributed by atoms with Crippen LogP contribution in [0.2, 0.25) is 19.6 Å². The topological polar surface area (TPSA) is 38.9 Å². The van der Waals surface area contributed by atoms with E-state index in [1.807, 2.05) is 62.5 Å². The van der Waals surface area contributed by atoms with Gasteiger partial charge in [-0.05, 0) is 62.9 Å². The van der Waals surface area contributed by atoms with Crippen LogP contribution in [0.4, 0.5) is 0 Å². The largest absolute Gasteiger partial charge is 0.500 e. The number of rotatable bonds is 7. The molecule has 1 radical (unpaired) electrons. The van der Waals surface area contributed by atoms with Crippen molar-refractivity contribution in [2.75, 3.05) is 0 Å². The van der Waals surface area contributed by atoms with Crippen LogP contribution in [0.5, 0.6) is 0 Å². The molecule has 0 fully saturated rings. The number of hydrogen-bond donors (Lipinski definition) is 0. The van der Waals surface area contributed by atoms with Crippen LogP contribution < -0.4 is 5.19 Å². The molecule has 0 N–H and O–H groups in total. The first kappa shape index (κ1) is 38.2. The van der Waals surface area contributed by atoms with E-state index in [1.165, 1.54) is 16.3 Å². The van der Waals surface area contributed by atoms with E-state index in [4.69, 9.17) is 5.79 Å². The Hall–Kier alpha value is -5.71. The molecule has 283 valence electrons. The Morgan fingerprint density at radius 3 is 1.88 bits per heavy atom. The summed E-state index contributed by atoms with van der Waals surface area (Å²) in [6, 6.07) is 60.8. The van der Waals surface area contributed by atoms with E-state index >= 15 is 0 Å². The fourth-order valence-electron chi connectivity index (χ4n) is 6.91. The quantitative estimate of drug-likeness (QED) is 0.118. The van der Waals surface area contributed by atoms with Crippen molar-refractivity contribution in [3.63, 3.8) is 0 Å². The number of furan rings is 1. The van der Waals surface area contributed by atoms with Gasteiger partial charge in [0.05, 0.1) is 13.7 Å². The van der Waals surface area contributed by atoms with Gasteiger partial charge in [0, 0.05) is 44.8 Å². The third-order valence-electron chi connectivity index (χ3n) is 10.1. The zero-order valence-electron chi connectivity index (χ0n) is 33.8. The molecule has 0 aliphatic heterocycles. The number of fused-ring (bicyclic) bond motifs is 3. The zero-order chi connectivity index (χ0) is 39.6. The minimum Gasteiger partial charge on any atom is -0.500 e. The summed E-state index contributed by atoms with van der Waals surface area (Å²) in [4.78, 5) is 9.23. The number of hydrogen-bond acceptors (Lipinski definition) is 3. The minimum absolute atomic E-state index is 0. The van der Waals surface area contributed by atoms with Crippen LogP contribution in [-0.2, 0) is 20.1 Å². The van der Waals surface area contributed by atoms with Crippen LogP contribution in [0.1, 0.15) is 26.7 Å². The second-order valence-electron chi connectivity index (χ2n) is 15.3. The van der Waals surface area contributed by atoms with E-state index in [0.29, 0.717) is 0 Å². The molecule has 3 nitrogen and oxygen atoms in total. The summed E-state index contributed by atoms with van der Waals surface area (Å²) in [5.41, 5.74) is 13.2. The number of aromatic nitrogens is 2. The smallest absolute Gasteiger partial charge is 0.128 e. The molecular weight excluding hydrogens is 889 g/mol. The molecule has 3 heterocycles. The fraction of sp³-hybridized carbons (Fsp3) is 0.115. The molecule has 57 heavy (non-hydrogen) atoms.